The van der Waals surface area contributed by atoms with Crippen molar-refractivity contribution in [3.63, 3.8) is 0 Å². The van der Waals surface area contributed by atoms with Gasteiger partial charge in [0.05, 0.1) is 36.7 Å². The van der Waals surface area contributed by atoms with E-state index in [2.05, 4.69) is 16.9 Å². The number of hydrogen-bond donors (Lipinski definition) is 2. The number of cyclic esters (lactones) is 1. The summed E-state index contributed by atoms with van der Waals surface area (Å²) in [6.07, 6.45) is -1.17. The maximum absolute atomic E-state index is 14.5. The van der Waals surface area contributed by atoms with Gasteiger partial charge >= 0.3 is 5.97 Å². The number of likely N-dealkylation sites (N-methyl/N-ethyl adjacent to an activating group) is 1. The number of nitrogens with zero attached hydrogens (tertiary/aromatic N) is 2. The zero-order chi connectivity index (χ0) is 38.5. The highest BCUT2D eigenvalue weighted by Crippen LogP contribution is 2.46. The van der Waals surface area contributed by atoms with Crippen LogP contribution < -0.4 is 5.32 Å². The Kier molecular flexibility index (Phi) is 14.4. The van der Waals surface area contributed by atoms with Crippen LogP contribution >= 0.6 is 0 Å². The van der Waals surface area contributed by atoms with Crippen molar-refractivity contribution in [3.8, 4) is 0 Å². The molecule has 292 valence electrons. The van der Waals surface area contributed by atoms with Gasteiger partial charge in [0.15, 0.2) is 12.1 Å². The van der Waals surface area contributed by atoms with E-state index >= 15 is 0 Å². The molecular formula is C40H63N3O9. The predicted octanol–water partition coefficient (Wildman–Crippen LogP) is 4.13. The molecule has 2 unspecified atom stereocenters. The molecule has 12 nitrogen and oxygen atoms in total. The van der Waals surface area contributed by atoms with E-state index in [-0.39, 0.29) is 37.6 Å². The van der Waals surface area contributed by atoms with Crippen LogP contribution in [-0.2, 0) is 44.6 Å². The monoisotopic (exact) mass is 729 g/mol. The molecule has 0 aliphatic carbocycles. The molecule has 13 atom stereocenters. The molecule has 3 aliphatic rings. The van der Waals surface area contributed by atoms with Gasteiger partial charge in [-0.3, -0.25) is 19.4 Å². The molecule has 2 N–H and O–H groups in total. The Bertz CT molecular complexity index is 1390. The van der Waals surface area contributed by atoms with Crippen LogP contribution in [0.15, 0.2) is 36.5 Å². The number of carbonyl (C=O) groups is 3. The van der Waals surface area contributed by atoms with Crippen molar-refractivity contribution in [3.05, 3.63) is 42.2 Å². The minimum Gasteiger partial charge on any atom is -0.459 e. The van der Waals surface area contributed by atoms with E-state index in [1.54, 1.807) is 20.0 Å². The lowest BCUT2D eigenvalue weighted by Gasteiger charge is -2.47. The van der Waals surface area contributed by atoms with Gasteiger partial charge in [0.2, 0.25) is 0 Å². The molecule has 3 fully saturated rings. The second kappa shape index (κ2) is 17.7. The number of ketones is 2. The number of esters is 1. The van der Waals surface area contributed by atoms with Crippen LogP contribution in [0.25, 0.3) is 0 Å². The van der Waals surface area contributed by atoms with Crippen LogP contribution in [-0.4, -0.2) is 114 Å². The van der Waals surface area contributed by atoms with Crippen molar-refractivity contribution in [1.29, 1.82) is 0 Å². The fourth-order valence-corrected chi connectivity index (χ4v) is 8.73. The first-order chi connectivity index (χ1) is 24.4. The number of fused-ring (bicyclic) bond motifs is 1. The third kappa shape index (κ3) is 9.19. The van der Waals surface area contributed by atoms with Crippen molar-refractivity contribution >= 4 is 17.5 Å². The van der Waals surface area contributed by atoms with E-state index in [1.165, 1.54) is 0 Å². The molecule has 4 rings (SSSR count). The largest absolute Gasteiger partial charge is 0.459 e. The molecule has 0 spiro atoms. The van der Waals surface area contributed by atoms with Crippen LogP contribution in [0.1, 0.15) is 80.3 Å². The van der Waals surface area contributed by atoms with Crippen molar-refractivity contribution in [2.24, 2.45) is 29.6 Å². The molecule has 0 bridgehead atoms. The van der Waals surface area contributed by atoms with E-state index in [0.717, 1.165) is 11.3 Å². The molecule has 0 aromatic carbocycles. The number of aliphatic hydroxyl groups excluding tert-OH is 1. The third-order valence-corrected chi connectivity index (χ3v) is 11.6. The quantitative estimate of drug-likeness (QED) is 0.155. The Hall–Kier alpha value is -2.58. The molecular weight excluding hydrogens is 666 g/mol. The highest BCUT2D eigenvalue weighted by molar-refractivity contribution is 6.00. The molecule has 1 aromatic rings. The molecule has 52 heavy (non-hydrogen) atoms. The standard InChI is InChI=1S/C40H63N3O9/c1-12-31-40(9)32(24(3)22-49-40)26(5)33(44)23(2)20-39(8,48-18-17-41-21-29-15-13-14-16-42-29)36(27(6)34(45)28(7)37(47)51-31)52-38-35(46)30(43(10)11)19-25(4)50-38/h13-16,23,25-28,30-32,35-36,38,41,46H,3,12,17-22H2,1-2,4-11H3/t23-,25-,26?,27+,28?,30+,31-,32+,35-,36-,38+,39-,40-/m1/s1. The number of ether oxygens (including phenoxy) is 5. The second-order valence-electron chi connectivity index (χ2n) is 15.9. The summed E-state index contributed by atoms with van der Waals surface area (Å²) in [4.78, 5) is 49.0. The SMILES string of the molecule is C=C1CO[C@]2(C)[C@@H](CC)OC(=O)C(C)C(=O)[C@H](C)[C@@H](O[C@@H]3O[C@H](C)C[C@H](N(C)C)[C@H]3O)[C@](C)(OCCNCc3ccccn3)C[C@@H](C)C(=O)C(C)[C@H]12. The molecule has 0 amide bonds. The summed E-state index contributed by atoms with van der Waals surface area (Å²) in [6.45, 7) is 20.3. The van der Waals surface area contributed by atoms with Crippen molar-refractivity contribution in [1.82, 2.24) is 15.2 Å². The van der Waals surface area contributed by atoms with Crippen LogP contribution in [0.5, 0.6) is 0 Å². The summed E-state index contributed by atoms with van der Waals surface area (Å²) in [6, 6.07) is 5.45. The first-order valence-corrected chi connectivity index (χ1v) is 18.9. The minimum absolute atomic E-state index is 0.0226. The number of nitrogens with one attached hydrogen (secondary N) is 1. The third-order valence-electron chi connectivity index (χ3n) is 11.6. The number of pyridine rings is 1. The zero-order valence-electron chi connectivity index (χ0n) is 32.9. The number of aliphatic hydroxyl groups is 1. The van der Waals surface area contributed by atoms with Gasteiger partial charge in [-0.05, 0) is 78.8 Å². The Morgan fingerprint density at radius 1 is 1.08 bits per heavy atom. The Labute approximate surface area is 310 Å². The van der Waals surface area contributed by atoms with Crippen molar-refractivity contribution in [2.75, 3.05) is 33.9 Å². The van der Waals surface area contributed by atoms with Gasteiger partial charge in [-0.1, -0.05) is 40.3 Å². The summed E-state index contributed by atoms with van der Waals surface area (Å²) in [5.74, 6) is -4.64. The second-order valence-corrected chi connectivity index (χ2v) is 15.9. The van der Waals surface area contributed by atoms with E-state index in [4.69, 9.17) is 23.7 Å². The minimum atomic E-state index is -1.25. The van der Waals surface area contributed by atoms with Gasteiger partial charge < -0.3 is 39.0 Å². The maximum Gasteiger partial charge on any atom is 0.316 e. The van der Waals surface area contributed by atoms with Gasteiger partial charge in [0.1, 0.15) is 29.5 Å². The van der Waals surface area contributed by atoms with Gasteiger partial charge in [0, 0.05) is 49.0 Å². The predicted molar refractivity (Wildman–Crippen MR) is 196 cm³/mol. The Morgan fingerprint density at radius 3 is 2.42 bits per heavy atom. The van der Waals surface area contributed by atoms with Gasteiger partial charge in [0.25, 0.3) is 0 Å². The average Bonchev–Trinajstić information content (AvgIpc) is 3.42. The van der Waals surface area contributed by atoms with Crippen molar-refractivity contribution in [2.45, 2.75) is 129 Å². The Balaban J connectivity index is 1.75. The fraction of sp³-hybridized carbons (Fsp3) is 0.750. The molecule has 12 heteroatoms. The molecule has 1 aromatic heterocycles. The summed E-state index contributed by atoms with van der Waals surface area (Å²) in [5, 5.41) is 14.9. The molecule has 0 saturated carbocycles. The number of Topliss-reactive ketones (excluding diaryl/α,β-unsaturated/α-hetero) is 2. The summed E-state index contributed by atoms with van der Waals surface area (Å²) < 4.78 is 32.1. The summed E-state index contributed by atoms with van der Waals surface area (Å²) >= 11 is 0. The first kappa shape index (κ1) is 42.2. The summed E-state index contributed by atoms with van der Waals surface area (Å²) in [7, 11) is 3.78. The highest BCUT2D eigenvalue weighted by atomic mass is 16.7. The van der Waals surface area contributed by atoms with E-state index < -0.39 is 77.1 Å². The molecule has 4 heterocycles. The molecule has 0 radical (unpaired) electrons. The van der Waals surface area contributed by atoms with E-state index in [9.17, 15) is 19.5 Å². The van der Waals surface area contributed by atoms with E-state index in [0.29, 0.717) is 25.9 Å². The van der Waals surface area contributed by atoms with Crippen LogP contribution in [0, 0.1) is 29.6 Å². The lowest BCUT2D eigenvalue weighted by atomic mass is 9.69. The molecule has 3 saturated heterocycles. The summed E-state index contributed by atoms with van der Waals surface area (Å²) in [5.41, 5.74) is -0.612. The lowest BCUT2D eigenvalue weighted by Crippen LogP contribution is -2.59. The van der Waals surface area contributed by atoms with Crippen molar-refractivity contribution < 1.29 is 43.2 Å². The van der Waals surface area contributed by atoms with Crippen LogP contribution in [0.3, 0.4) is 0 Å². The van der Waals surface area contributed by atoms with Gasteiger partial charge in [-0.2, -0.15) is 0 Å². The molecule has 3 aliphatic heterocycles. The van der Waals surface area contributed by atoms with Crippen LogP contribution in [0.2, 0.25) is 0 Å². The fourth-order valence-electron chi connectivity index (χ4n) is 8.73. The lowest BCUT2D eigenvalue weighted by molar-refractivity contribution is -0.297. The smallest absolute Gasteiger partial charge is 0.316 e. The number of carbonyl (C=O) groups excluding carboxylic acids is 3. The van der Waals surface area contributed by atoms with E-state index in [1.807, 2.05) is 78.7 Å². The maximum atomic E-state index is 14.5. The first-order valence-electron chi connectivity index (χ1n) is 18.9. The Morgan fingerprint density at radius 2 is 1.79 bits per heavy atom. The topological polar surface area (TPSA) is 146 Å². The van der Waals surface area contributed by atoms with Crippen LogP contribution in [0.4, 0.5) is 0 Å². The number of rotatable bonds is 10. The zero-order valence-corrected chi connectivity index (χ0v) is 32.9. The number of hydrogen-bond acceptors (Lipinski definition) is 12. The average molecular weight is 730 g/mol. The van der Waals surface area contributed by atoms with Gasteiger partial charge in [-0.15, -0.1) is 0 Å². The highest BCUT2D eigenvalue weighted by Gasteiger charge is 2.55. The van der Waals surface area contributed by atoms with Gasteiger partial charge in [-0.25, -0.2) is 0 Å². The normalized spacial score (nSPS) is 39.7. The number of aromatic nitrogens is 1.